The molecule has 1 aromatic carbocycles. The Morgan fingerprint density at radius 2 is 1.96 bits per heavy atom. The van der Waals surface area contributed by atoms with E-state index in [1.54, 1.807) is 18.3 Å². The van der Waals surface area contributed by atoms with Crippen molar-refractivity contribution in [3.63, 3.8) is 0 Å². The molecule has 1 N–H and O–H groups in total. The van der Waals surface area contributed by atoms with Gasteiger partial charge < -0.3 is 19.8 Å². The Morgan fingerprint density at radius 3 is 2.61 bits per heavy atom. The molecule has 5 nitrogen and oxygen atoms in total. The van der Waals surface area contributed by atoms with Crippen LogP contribution in [0.1, 0.15) is 23.2 Å². The zero-order valence-electron chi connectivity index (χ0n) is 12.0. The van der Waals surface area contributed by atoms with Gasteiger partial charge in [0.2, 0.25) is 5.91 Å². The number of benzene rings is 1. The number of halogens is 3. The topological polar surface area (TPSA) is 74.2 Å². The largest absolute Gasteiger partial charge is 0.545 e. The van der Waals surface area contributed by atoms with Gasteiger partial charge in [-0.2, -0.15) is 13.2 Å². The number of aromatic nitrogens is 1. The standard InChI is InChI=1S/C15H15F3N2O3/c16-15(17,18)9-19-13(21)2-1-6-20-7-5-10-8-11(14(22)23)3-4-12(10)20/h3-5,7-8H,1-2,6,9H2,(H,19,21)(H,22,23)/p-1. The van der Waals surface area contributed by atoms with Crippen LogP contribution in [0.25, 0.3) is 10.9 Å². The van der Waals surface area contributed by atoms with E-state index in [1.165, 1.54) is 12.1 Å². The van der Waals surface area contributed by atoms with Crippen LogP contribution in [0.4, 0.5) is 13.2 Å². The van der Waals surface area contributed by atoms with Gasteiger partial charge in [0.1, 0.15) is 6.54 Å². The van der Waals surface area contributed by atoms with Crippen molar-refractivity contribution in [1.29, 1.82) is 0 Å². The number of aromatic carboxylic acids is 1. The van der Waals surface area contributed by atoms with Crippen LogP contribution in [0.2, 0.25) is 0 Å². The maximum Gasteiger partial charge on any atom is 0.405 e. The molecule has 2 aromatic rings. The number of carboxylic acid groups (broad SMARTS) is 1. The third-order valence-corrected chi connectivity index (χ3v) is 3.30. The average Bonchev–Trinajstić information content (AvgIpc) is 2.87. The smallest absolute Gasteiger partial charge is 0.405 e. The molecule has 0 fully saturated rings. The van der Waals surface area contributed by atoms with Crippen molar-refractivity contribution in [3.05, 3.63) is 36.0 Å². The Bertz CT molecular complexity index is 722. The van der Waals surface area contributed by atoms with E-state index in [1.807, 2.05) is 9.88 Å². The van der Waals surface area contributed by atoms with E-state index in [4.69, 9.17) is 0 Å². The fraction of sp³-hybridized carbons (Fsp3) is 0.333. The van der Waals surface area contributed by atoms with Gasteiger partial charge in [-0.05, 0) is 30.2 Å². The van der Waals surface area contributed by atoms with Crippen LogP contribution < -0.4 is 10.4 Å². The van der Waals surface area contributed by atoms with Gasteiger partial charge in [-0.25, -0.2) is 0 Å². The minimum atomic E-state index is -4.41. The highest BCUT2D eigenvalue weighted by Crippen LogP contribution is 2.18. The van der Waals surface area contributed by atoms with Crippen molar-refractivity contribution in [2.75, 3.05) is 6.54 Å². The van der Waals surface area contributed by atoms with E-state index in [-0.39, 0.29) is 12.0 Å². The summed E-state index contributed by atoms with van der Waals surface area (Å²) in [7, 11) is 0. The molecular formula is C15H14F3N2O3-. The van der Waals surface area contributed by atoms with Gasteiger partial charge in [-0.15, -0.1) is 0 Å². The second-order valence-corrected chi connectivity index (χ2v) is 5.07. The quantitative estimate of drug-likeness (QED) is 0.873. The minimum absolute atomic E-state index is 0.0209. The number of amides is 1. The van der Waals surface area contributed by atoms with Crippen LogP contribution in [0, 0.1) is 0 Å². The molecule has 0 aliphatic rings. The third-order valence-electron chi connectivity index (χ3n) is 3.30. The van der Waals surface area contributed by atoms with Crippen molar-refractivity contribution in [1.82, 2.24) is 9.88 Å². The Hall–Kier alpha value is -2.51. The van der Waals surface area contributed by atoms with Crippen molar-refractivity contribution < 1.29 is 27.9 Å². The normalized spacial score (nSPS) is 11.6. The number of carboxylic acids is 1. The second-order valence-electron chi connectivity index (χ2n) is 5.07. The summed E-state index contributed by atoms with van der Waals surface area (Å²) in [4.78, 5) is 22.1. The van der Waals surface area contributed by atoms with Crippen molar-refractivity contribution in [2.45, 2.75) is 25.6 Å². The van der Waals surface area contributed by atoms with Crippen LogP contribution in [-0.4, -0.2) is 29.2 Å². The van der Waals surface area contributed by atoms with E-state index in [0.29, 0.717) is 18.4 Å². The molecule has 0 spiro atoms. The highest BCUT2D eigenvalue weighted by atomic mass is 19.4. The molecule has 1 aromatic heterocycles. The first-order valence-electron chi connectivity index (χ1n) is 6.90. The van der Waals surface area contributed by atoms with Crippen LogP contribution >= 0.6 is 0 Å². The fourth-order valence-corrected chi connectivity index (χ4v) is 2.22. The number of hydrogen-bond donors (Lipinski definition) is 1. The van der Waals surface area contributed by atoms with E-state index >= 15 is 0 Å². The summed E-state index contributed by atoms with van der Waals surface area (Å²) in [6.45, 7) is -0.891. The molecule has 2 rings (SSSR count). The van der Waals surface area contributed by atoms with Gasteiger partial charge in [0.15, 0.2) is 0 Å². The summed E-state index contributed by atoms with van der Waals surface area (Å²) in [5.41, 5.74) is 0.854. The molecule has 8 heteroatoms. The molecule has 0 aliphatic heterocycles. The number of aryl methyl sites for hydroxylation is 1. The monoisotopic (exact) mass is 327 g/mol. The molecule has 0 aliphatic carbocycles. The number of nitrogens with zero attached hydrogens (tertiary/aromatic N) is 1. The van der Waals surface area contributed by atoms with Gasteiger partial charge >= 0.3 is 6.18 Å². The summed E-state index contributed by atoms with van der Waals surface area (Å²) in [5, 5.41) is 13.3. The lowest BCUT2D eigenvalue weighted by molar-refractivity contribution is -0.255. The predicted molar refractivity (Wildman–Crippen MR) is 74.6 cm³/mol. The lowest BCUT2D eigenvalue weighted by atomic mass is 10.1. The molecular weight excluding hydrogens is 313 g/mol. The molecule has 23 heavy (non-hydrogen) atoms. The molecule has 1 heterocycles. The highest BCUT2D eigenvalue weighted by molar-refractivity contribution is 5.92. The molecule has 1 amide bonds. The summed E-state index contributed by atoms with van der Waals surface area (Å²) < 4.78 is 37.7. The maximum absolute atomic E-state index is 12.0. The molecule has 0 radical (unpaired) electrons. The van der Waals surface area contributed by atoms with Gasteiger partial charge in [0.05, 0.1) is 5.97 Å². The predicted octanol–water partition coefficient (Wildman–Crippen LogP) is 1.46. The molecule has 0 bridgehead atoms. The highest BCUT2D eigenvalue weighted by Gasteiger charge is 2.27. The van der Waals surface area contributed by atoms with Gasteiger partial charge in [-0.3, -0.25) is 4.79 Å². The van der Waals surface area contributed by atoms with Crippen LogP contribution in [0.3, 0.4) is 0 Å². The van der Waals surface area contributed by atoms with Gasteiger partial charge in [-0.1, -0.05) is 6.07 Å². The zero-order valence-corrected chi connectivity index (χ0v) is 12.0. The number of alkyl halides is 3. The van der Waals surface area contributed by atoms with E-state index in [9.17, 15) is 27.9 Å². The Labute approximate surface area is 129 Å². The fourth-order valence-electron chi connectivity index (χ4n) is 2.22. The van der Waals surface area contributed by atoms with Crippen molar-refractivity contribution in [2.24, 2.45) is 0 Å². The SMILES string of the molecule is O=C(CCCn1ccc2cc(C(=O)[O-])ccc21)NCC(F)(F)F. The number of carbonyl (C=O) groups excluding carboxylic acids is 2. The third kappa shape index (κ3) is 4.73. The zero-order chi connectivity index (χ0) is 17.0. The Morgan fingerprint density at radius 1 is 1.22 bits per heavy atom. The van der Waals surface area contributed by atoms with Crippen LogP contribution in [0.5, 0.6) is 0 Å². The molecule has 0 unspecified atom stereocenters. The maximum atomic E-state index is 12.0. The number of rotatable bonds is 6. The van der Waals surface area contributed by atoms with E-state index in [0.717, 1.165) is 5.52 Å². The summed E-state index contributed by atoms with van der Waals surface area (Å²) >= 11 is 0. The first-order valence-corrected chi connectivity index (χ1v) is 6.90. The van der Waals surface area contributed by atoms with Gasteiger partial charge in [0.25, 0.3) is 0 Å². The summed E-state index contributed by atoms with van der Waals surface area (Å²) in [5.74, 6) is -1.92. The average molecular weight is 327 g/mol. The first kappa shape index (κ1) is 16.9. The van der Waals surface area contributed by atoms with Crippen LogP contribution in [-0.2, 0) is 11.3 Å². The number of nitrogens with one attached hydrogen (secondary N) is 1. The number of carbonyl (C=O) groups is 2. The summed E-state index contributed by atoms with van der Waals surface area (Å²) in [6.07, 6.45) is -2.33. The van der Waals surface area contributed by atoms with Gasteiger partial charge in [0, 0.05) is 30.1 Å². The Kier molecular flexibility index (Phi) is 4.92. The molecule has 0 atom stereocenters. The first-order chi connectivity index (χ1) is 10.8. The lowest BCUT2D eigenvalue weighted by Gasteiger charge is -2.09. The van der Waals surface area contributed by atoms with E-state index in [2.05, 4.69) is 0 Å². The minimum Gasteiger partial charge on any atom is -0.545 e. The molecule has 0 saturated heterocycles. The molecule has 124 valence electrons. The van der Waals surface area contributed by atoms with Crippen molar-refractivity contribution >= 4 is 22.8 Å². The van der Waals surface area contributed by atoms with E-state index < -0.39 is 24.6 Å². The lowest BCUT2D eigenvalue weighted by Crippen LogP contribution is -2.33. The Balaban J connectivity index is 1.90. The second kappa shape index (κ2) is 6.72. The molecule has 0 saturated carbocycles. The van der Waals surface area contributed by atoms with Crippen LogP contribution in [0.15, 0.2) is 30.5 Å². The van der Waals surface area contributed by atoms with Crippen molar-refractivity contribution in [3.8, 4) is 0 Å². The number of hydrogen-bond acceptors (Lipinski definition) is 3. The number of fused-ring (bicyclic) bond motifs is 1. The summed E-state index contributed by atoms with van der Waals surface area (Å²) in [6, 6.07) is 6.26.